The van der Waals surface area contributed by atoms with E-state index in [2.05, 4.69) is 4.72 Å². The summed E-state index contributed by atoms with van der Waals surface area (Å²) in [5, 5.41) is 0.466. The van der Waals surface area contributed by atoms with E-state index >= 15 is 0 Å². The molecule has 1 aromatic carbocycles. The summed E-state index contributed by atoms with van der Waals surface area (Å²) in [6, 6.07) is 6.76. The first-order valence-corrected chi connectivity index (χ1v) is 8.61. The molecule has 1 aromatic rings. The SMILES string of the molecule is COCO[C@@H](c1ccccc1Cl)[C@H](C)OS(=O)(=O)NC(C)C. The summed E-state index contributed by atoms with van der Waals surface area (Å²) in [6.07, 6.45) is -1.47. The zero-order valence-electron chi connectivity index (χ0n) is 13.1. The van der Waals surface area contributed by atoms with Gasteiger partial charge in [0, 0.05) is 23.7 Å². The van der Waals surface area contributed by atoms with Gasteiger partial charge in [-0.2, -0.15) is 13.1 Å². The highest BCUT2D eigenvalue weighted by Gasteiger charge is 2.28. The molecule has 8 heteroatoms. The van der Waals surface area contributed by atoms with E-state index in [1.807, 2.05) is 0 Å². The van der Waals surface area contributed by atoms with Gasteiger partial charge in [0.15, 0.2) is 0 Å². The fourth-order valence-corrected chi connectivity index (χ4v) is 3.27. The minimum atomic E-state index is -3.88. The molecule has 0 unspecified atom stereocenters. The molecule has 22 heavy (non-hydrogen) atoms. The third-order valence-electron chi connectivity index (χ3n) is 2.66. The fourth-order valence-electron chi connectivity index (χ4n) is 1.89. The van der Waals surface area contributed by atoms with Gasteiger partial charge < -0.3 is 9.47 Å². The largest absolute Gasteiger partial charge is 0.359 e. The second-order valence-corrected chi connectivity index (χ2v) is 6.79. The molecule has 2 atom stereocenters. The minimum Gasteiger partial charge on any atom is -0.359 e. The van der Waals surface area contributed by atoms with Crippen LogP contribution in [0.15, 0.2) is 24.3 Å². The lowest BCUT2D eigenvalue weighted by atomic mass is 10.1. The van der Waals surface area contributed by atoms with Crippen molar-refractivity contribution in [2.24, 2.45) is 0 Å². The predicted molar refractivity (Wildman–Crippen MR) is 84.9 cm³/mol. The third kappa shape index (κ3) is 6.20. The number of hydrogen-bond donors (Lipinski definition) is 1. The van der Waals surface area contributed by atoms with Crippen LogP contribution in [-0.4, -0.2) is 34.5 Å². The standard InChI is InChI=1S/C14H22ClNO5S/c1-10(2)16-22(17,18)21-11(3)14(20-9-19-4)12-7-5-6-8-13(12)15/h5-8,10-11,14,16H,9H2,1-4H3/t11-,14+/m0/s1. The summed E-state index contributed by atoms with van der Waals surface area (Å²) in [6.45, 7) is 5.00. The van der Waals surface area contributed by atoms with Crippen molar-refractivity contribution in [3.05, 3.63) is 34.9 Å². The summed E-state index contributed by atoms with van der Waals surface area (Å²) in [7, 11) is -2.41. The molecular weight excluding hydrogens is 330 g/mol. The van der Waals surface area contributed by atoms with Crippen molar-refractivity contribution in [2.45, 2.75) is 39.0 Å². The average molecular weight is 352 g/mol. The van der Waals surface area contributed by atoms with Crippen molar-refractivity contribution in [1.82, 2.24) is 4.72 Å². The smallest absolute Gasteiger partial charge is 0.336 e. The van der Waals surface area contributed by atoms with Gasteiger partial charge in [-0.3, -0.25) is 4.18 Å². The van der Waals surface area contributed by atoms with Crippen LogP contribution in [0.5, 0.6) is 0 Å². The summed E-state index contributed by atoms with van der Waals surface area (Å²) < 4.78 is 41.7. The lowest BCUT2D eigenvalue weighted by Gasteiger charge is -2.25. The lowest BCUT2D eigenvalue weighted by Crippen LogP contribution is -2.36. The van der Waals surface area contributed by atoms with Crippen LogP contribution in [0.1, 0.15) is 32.4 Å². The Morgan fingerprint density at radius 2 is 1.86 bits per heavy atom. The number of methoxy groups -OCH3 is 1. The molecule has 0 amide bonds. The number of nitrogens with one attached hydrogen (secondary N) is 1. The van der Waals surface area contributed by atoms with Crippen LogP contribution in [0.4, 0.5) is 0 Å². The molecule has 6 nitrogen and oxygen atoms in total. The second-order valence-electron chi connectivity index (χ2n) is 5.04. The lowest BCUT2D eigenvalue weighted by molar-refractivity contribution is -0.104. The molecule has 0 spiro atoms. The van der Waals surface area contributed by atoms with Gasteiger partial charge in [-0.15, -0.1) is 0 Å². The first-order chi connectivity index (χ1) is 10.3. The molecule has 0 saturated heterocycles. The third-order valence-corrected chi connectivity index (χ3v) is 4.32. The highest BCUT2D eigenvalue weighted by atomic mass is 35.5. The molecular formula is C14H22ClNO5S. The van der Waals surface area contributed by atoms with E-state index < -0.39 is 22.5 Å². The van der Waals surface area contributed by atoms with Crippen LogP contribution in [0.2, 0.25) is 5.02 Å². The number of ether oxygens (including phenoxy) is 2. The van der Waals surface area contributed by atoms with Gasteiger partial charge in [0.1, 0.15) is 19.0 Å². The number of benzene rings is 1. The van der Waals surface area contributed by atoms with Crippen LogP contribution in [-0.2, 0) is 24.0 Å². The molecule has 0 radical (unpaired) electrons. The minimum absolute atomic E-state index is 0.0127. The maximum absolute atomic E-state index is 11.9. The van der Waals surface area contributed by atoms with E-state index in [4.69, 9.17) is 25.3 Å². The Balaban J connectivity index is 2.95. The van der Waals surface area contributed by atoms with Crippen molar-refractivity contribution in [2.75, 3.05) is 13.9 Å². The number of rotatable bonds is 9. The van der Waals surface area contributed by atoms with Crippen molar-refractivity contribution >= 4 is 21.9 Å². The maximum atomic E-state index is 11.9. The summed E-state index contributed by atoms with van der Waals surface area (Å²) in [5.74, 6) is 0. The predicted octanol–water partition coefficient (Wildman–Crippen LogP) is 2.65. The first kappa shape index (κ1) is 19.3. The molecule has 1 N–H and O–H groups in total. The molecule has 0 aliphatic carbocycles. The van der Waals surface area contributed by atoms with Gasteiger partial charge in [-0.25, -0.2) is 0 Å². The molecule has 0 aliphatic rings. The van der Waals surface area contributed by atoms with E-state index in [0.29, 0.717) is 10.6 Å². The van der Waals surface area contributed by atoms with E-state index in [1.165, 1.54) is 7.11 Å². The van der Waals surface area contributed by atoms with Gasteiger partial charge in [-0.1, -0.05) is 29.8 Å². The van der Waals surface area contributed by atoms with Gasteiger partial charge in [-0.05, 0) is 26.8 Å². The normalized spacial score (nSPS) is 15.0. The number of hydrogen-bond acceptors (Lipinski definition) is 5. The Bertz CT molecular complexity index is 564. The van der Waals surface area contributed by atoms with Crippen LogP contribution in [0, 0.1) is 0 Å². The molecule has 0 saturated carbocycles. The van der Waals surface area contributed by atoms with E-state index in [-0.39, 0.29) is 12.8 Å². The van der Waals surface area contributed by atoms with Crippen LogP contribution in [0.3, 0.4) is 0 Å². The zero-order valence-corrected chi connectivity index (χ0v) is 14.6. The van der Waals surface area contributed by atoms with Crippen molar-refractivity contribution in [1.29, 1.82) is 0 Å². The van der Waals surface area contributed by atoms with E-state index in [1.54, 1.807) is 45.0 Å². The molecule has 0 aliphatic heterocycles. The van der Waals surface area contributed by atoms with Gasteiger partial charge >= 0.3 is 10.3 Å². The van der Waals surface area contributed by atoms with E-state index in [0.717, 1.165) is 0 Å². The van der Waals surface area contributed by atoms with Gasteiger partial charge in [0.05, 0.1) is 0 Å². The summed E-state index contributed by atoms with van der Waals surface area (Å²) >= 11 is 6.16. The highest BCUT2D eigenvalue weighted by Crippen LogP contribution is 2.30. The fraction of sp³-hybridized carbons (Fsp3) is 0.571. The van der Waals surface area contributed by atoms with Crippen LogP contribution >= 0.6 is 11.6 Å². The molecule has 0 bridgehead atoms. The molecule has 1 rings (SSSR count). The van der Waals surface area contributed by atoms with Gasteiger partial charge in [0.2, 0.25) is 0 Å². The maximum Gasteiger partial charge on any atom is 0.336 e. The number of halogens is 1. The Morgan fingerprint density at radius 1 is 1.23 bits per heavy atom. The molecule has 0 heterocycles. The Labute approximate surface area is 137 Å². The van der Waals surface area contributed by atoms with Crippen molar-refractivity contribution in [3.8, 4) is 0 Å². The van der Waals surface area contributed by atoms with Crippen molar-refractivity contribution in [3.63, 3.8) is 0 Å². The Morgan fingerprint density at radius 3 is 2.41 bits per heavy atom. The molecule has 0 aromatic heterocycles. The van der Waals surface area contributed by atoms with E-state index in [9.17, 15) is 8.42 Å². The van der Waals surface area contributed by atoms with Crippen LogP contribution < -0.4 is 4.72 Å². The summed E-state index contributed by atoms with van der Waals surface area (Å²) in [5.41, 5.74) is 0.633. The topological polar surface area (TPSA) is 73.9 Å². The molecule has 126 valence electrons. The first-order valence-electron chi connectivity index (χ1n) is 6.82. The van der Waals surface area contributed by atoms with Crippen LogP contribution in [0.25, 0.3) is 0 Å². The summed E-state index contributed by atoms with van der Waals surface area (Å²) in [4.78, 5) is 0. The second kappa shape index (κ2) is 8.81. The monoisotopic (exact) mass is 351 g/mol. The highest BCUT2D eigenvalue weighted by molar-refractivity contribution is 7.84. The Kier molecular flexibility index (Phi) is 7.75. The van der Waals surface area contributed by atoms with Crippen molar-refractivity contribution < 1.29 is 22.1 Å². The van der Waals surface area contributed by atoms with Gasteiger partial charge in [0.25, 0.3) is 0 Å². The molecule has 0 fully saturated rings. The quantitative estimate of drug-likeness (QED) is 0.692. The average Bonchev–Trinajstić information content (AvgIpc) is 2.38. The Hall–Kier alpha value is -0.700. The zero-order chi connectivity index (χ0) is 16.8.